The van der Waals surface area contributed by atoms with Gasteiger partial charge in [0.1, 0.15) is 27.9 Å². The van der Waals surface area contributed by atoms with Crippen LogP contribution in [0.5, 0.6) is 11.5 Å². The van der Waals surface area contributed by atoms with Crippen LogP contribution in [0.3, 0.4) is 0 Å². The van der Waals surface area contributed by atoms with Crippen LogP contribution in [0.4, 0.5) is 11.5 Å². The van der Waals surface area contributed by atoms with Crippen LogP contribution in [0.1, 0.15) is 67.4 Å². The number of hydrogen-bond acceptors (Lipinski definition) is 10. The smallest absolute Gasteiger partial charge is 0.268 e. The Morgan fingerprint density at radius 3 is 2.54 bits per heavy atom. The van der Waals surface area contributed by atoms with Crippen molar-refractivity contribution < 1.29 is 22.7 Å². The molecule has 2 fully saturated rings. The highest BCUT2D eigenvalue weighted by Crippen LogP contribution is 2.43. The lowest BCUT2D eigenvalue weighted by atomic mass is 9.72. The number of carbonyl (C=O) groups is 1. The van der Waals surface area contributed by atoms with Gasteiger partial charge < -0.3 is 24.7 Å². The Hall–Kier alpha value is -4.95. The predicted octanol–water partition coefficient (Wildman–Crippen LogP) is 8.46. The molecule has 310 valence electrons. The Labute approximate surface area is 351 Å². The Morgan fingerprint density at radius 1 is 1.00 bits per heavy atom. The first-order valence-corrected chi connectivity index (χ1v) is 22.3. The number of benzene rings is 2. The predicted molar refractivity (Wildman–Crippen MR) is 233 cm³/mol. The van der Waals surface area contributed by atoms with E-state index in [9.17, 15) is 13.2 Å². The molecule has 2 aliphatic heterocycles. The van der Waals surface area contributed by atoms with E-state index in [-0.39, 0.29) is 21.6 Å². The minimum Gasteiger partial charge on any atom is -0.455 e. The molecule has 3 aliphatic rings. The number of anilines is 2. The van der Waals surface area contributed by atoms with Crippen molar-refractivity contribution in [1.29, 1.82) is 0 Å². The highest BCUT2D eigenvalue weighted by molar-refractivity contribution is 7.90. The number of aromatic amines is 1. The third-order valence-electron chi connectivity index (χ3n) is 11.8. The molecule has 59 heavy (non-hydrogen) atoms. The van der Waals surface area contributed by atoms with E-state index in [0.29, 0.717) is 28.7 Å². The van der Waals surface area contributed by atoms with Gasteiger partial charge in [-0.25, -0.2) is 23.1 Å². The summed E-state index contributed by atoms with van der Waals surface area (Å²) < 4.78 is 41.3. The fourth-order valence-corrected chi connectivity index (χ4v) is 9.41. The summed E-state index contributed by atoms with van der Waals surface area (Å²) >= 11 is 6.25. The van der Waals surface area contributed by atoms with Gasteiger partial charge in [0.15, 0.2) is 0 Å². The van der Waals surface area contributed by atoms with Crippen molar-refractivity contribution in [3.05, 3.63) is 107 Å². The number of pyridine rings is 2. The van der Waals surface area contributed by atoms with Gasteiger partial charge in [-0.3, -0.25) is 9.69 Å². The monoisotopic (exact) mass is 837 g/mol. The second-order valence-corrected chi connectivity index (χ2v) is 18.9. The molecular weight excluding hydrogens is 786 g/mol. The zero-order valence-electron chi connectivity index (χ0n) is 33.9. The van der Waals surface area contributed by atoms with Gasteiger partial charge in [-0.2, -0.15) is 0 Å². The molecule has 2 aromatic carbocycles. The van der Waals surface area contributed by atoms with Gasteiger partial charge in [0.05, 0.1) is 11.8 Å². The van der Waals surface area contributed by atoms with E-state index in [1.807, 2.05) is 36.4 Å². The minimum atomic E-state index is -4.28. The summed E-state index contributed by atoms with van der Waals surface area (Å²) in [5, 5.41) is 4.93. The number of allylic oxidation sites excluding steroid dienone is 1. The van der Waals surface area contributed by atoms with E-state index in [1.165, 1.54) is 29.0 Å². The number of fused-ring (bicyclic) bond motifs is 1. The SMILES string of the molecule is Cc1cc(S(=O)(=O)NC(=O)c2ccc(N3CCN(CC4=C(c5ccc(Cl)cc5)CC(C)(C)CC4)CC3)cc2Oc2cnc3[nH]ccc3c2)cnc1NCC1CCOCC1. The standard InChI is InChI=1S/C45H52ClN7O5S/c1-30-22-38(28-50-42(30)48-26-31-12-20-57-21-13-31)59(55,56)51-44(54)39-9-8-36(24-41(39)58-37-23-33-11-15-47-43(33)49-27-37)53-18-16-52(17-19-53)29-34-10-14-45(2,3)25-40(34)32-4-6-35(46)7-5-32/h4-9,11,15,22-24,27-28,31H,10,12-14,16-21,25-26,29H2,1-3H3,(H,47,49)(H,48,50)(H,51,54). The van der Waals surface area contributed by atoms with Gasteiger partial charge in [0.2, 0.25) is 0 Å². The highest BCUT2D eigenvalue weighted by Gasteiger charge is 2.30. The quantitative estimate of drug-likeness (QED) is 0.112. The number of nitrogens with zero attached hydrogens (tertiary/aromatic N) is 4. The van der Waals surface area contributed by atoms with Crippen molar-refractivity contribution in [3.8, 4) is 11.5 Å². The summed E-state index contributed by atoms with van der Waals surface area (Å²) in [6.07, 6.45) is 9.85. The van der Waals surface area contributed by atoms with E-state index in [1.54, 1.807) is 25.4 Å². The van der Waals surface area contributed by atoms with Gasteiger partial charge in [0.25, 0.3) is 15.9 Å². The zero-order chi connectivity index (χ0) is 41.1. The van der Waals surface area contributed by atoms with Crippen LogP contribution >= 0.6 is 11.6 Å². The first kappa shape index (κ1) is 40.8. The molecule has 3 N–H and O–H groups in total. The van der Waals surface area contributed by atoms with Crippen LogP contribution < -0.4 is 19.7 Å². The highest BCUT2D eigenvalue weighted by atomic mass is 35.5. The lowest BCUT2D eigenvalue weighted by molar-refractivity contribution is 0.0699. The maximum absolute atomic E-state index is 13.9. The number of hydrogen-bond donors (Lipinski definition) is 3. The molecule has 0 unspecified atom stereocenters. The van der Waals surface area contributed by atoms with Crippen molar-refractivity contribution in [2.75, 3.05) is 62.7 Å². The van der Waals surface area contributed by atoms with E-state index >= 15 is 0 Å². The Balaban J connectivity index is 0.986. The van der Waals surface area contributed by atoms with Crippen molar-refractivity contribution in [2.24, 2.45) is 11.3 Å². The maximum atomic E-state index is 13.9. The van der Waals surface area contributed by atoms with E-state index in [0.717, 1.165) is 101 Å². The molecule has 8 rings (SSSR count). The van der Waals surface area contributed by atoms with Crippen LogP contribution in [0.15, 0.2) is 89.7 Å². The number of carbonyl (C=O) groups excluding carboxylic acids is 1. The fourth-order valence-electron chi connectivity index (χ4n) is 8.29. The number of aromatic nitrogens is 3. The normalized spacial score (nSPS) is 17.9. The molecule has 2 saturated heterocycles. The average molecular weight is 838 g/mol. The molecule has 0 radical (unpaired) electrons. The number of ether oxygens (including phenoxy) is 2. The van der Waals surface area contributed by atoms with Gasteiger partial charge in [0, 0.05) is 87.0 Å². The number of nitrogens with one attached hydrogen (secondary N) is 3. The Morgan fingerprint density at radius 2 is 1.78 bits per heavy atom. The summed E-state index contributed by atoms with van der Waals surface area (Å²) in [6, 6.07) is 18.8. The maximum Gasteiger partial charge on any atom is 0.268 e. The van der Waals surface area contributed by atoms with Crippen molar-refractivity contribution in [1.82, 2.24) is 24.6 Å². The van der Waals surface area contributed by atoms with Gasteiger partial charge in [-0.15, -0.1) is 0 Å². The molecule has 14 heteroatoms. The van der Waals surface area contributed by atoms with Crippen LogP contribution in [0, 0.1) is 18.3 Å². The molecule has 1 amide bonds. The third-order valence-corrected chi connectivity index (χ3v) is 13.4. The molecule has 0 atom stereocenters. The molecule has 5 heterocycles. The number of amides is 1. The first-order valence-electron chi connectivity index (χ1n) is 20.4. The van der Waals surface area contributed by atoms with Crippen molar-refractivity contribution in [3.63, 3.8) is 0 Å². The number of H-pyrrole nitrogens is 1. The second kappa shape index (κ2) is 17.3. The molecule has 5 aromatic rings. The van der Waals surface area contributed by atoms with Crippen LogP contribution in [0.25, 0.3) is 16.6 Å². The summed E-state index contributed by atoms with van der Waals surface area (Å²) in [6.45, 7) is 12.9. The van der Waals surface area contributed by atoms with Gasteiger partial charge in [-0.1, -0.05) is 43.2 Å². The van der Waals surface area contributed by atoms with Crippen molar-refractivity contribution >= 4 is 55.6 Å². The average Bonchev–Trinajstić information content (AvgIpc) is 3.70. The largest absolute Gasteiger partial charge is 0.455 e. The summed E-state index contributed by atoms with van der Waals surface area (Å²) in [4.78, 5) is 30.5. The molecule has 1 aliphatic carbocycles. The van der Waals surface area contributed by atoms with Crippen LogP contribution in [-0.4, -0.2) is 86.7 Å². The van der Waals surface area contributed by atoms with Crippen molar-refractivity contribution in [2.45, 2.75) is 57.8 Å². The second-order valence-electron chi connectivity index (χ2n) is 16.8. The van der Waals surface area contributed by atoms with Gasteiger partial charge in [-0.05, 0) is 110 Å². The van der Waals surface area contributed by atoms with E-state index in [2.05, 4.69) is 60.8 Å². The number of aryl methyl sites for hydroxylation is 1. The van der Waals surface area contributed by atoms with Gasteiger partial charge >= 0.3 is 0 Å². The zero-order valence-corrected chi connectivity index (χ0v) is 35.5. The molecule has 3 aromatic heterocycles. The molecule has 0 spiro atoms. The molecular formula is C45H52ClN7O5S. The first-order chi connectivity index (χ1) is 28.4. The Kier molecular flexibility index (Phi) is 12.0. The number of sulfonamides is 1. The number of piperazine rings is 1. The topological polar surface area (TPSA) is 142 Å². The number of rotatable bonds is 12. The summed E-state index contributed by atoms with van der Waals surface area (Å²) in [7, 11) is -4.28. The fraction of sp³-hybridized carbons (Fsp3) is 0.400. The molecule has 0 saturated carbocycles. The Bertz CT molecular complexity index is 2450. The van der Waals surface area contributed by atoms with Crippen LogP contribution in [-0.2, 0) is 14.8 Å². The third kappa shape index (κ3) is 9.75. The van der Waals surface area contributed by atoms with E-state index < -0.39 is 15.9 Å². The minimum absolute atomic E-state index is 0.0754. The molecule has 0 bridgehead atoms. The lowest BCUT2D eigenvalue weighted by Gasteiger charge is -2.39. The van der Waals surface area contributed by atoms with E-state index in [4.69, 9.17) is 21.1 Å². The molecule has 12 nitrogen and oxygen atoms in total. The number of halogens is 1. The summed E-state index contributed by atoms with van der Waals surface area (Å²) in [5.74, 6) is 0.901. The lowest BCUT2D eigenvalue weighted by Crippen LogP contribution is -2.47. The van der Waals surface area contributed by atoms with Crippen LogP contribution in [0.2, 0.25) is 5.02 Å². The summed E-state index contributed by atoms with van der Waals surface area (Å²) in [5.41, 5.74) is 6.75.